The van der Waals surface area contributed by atoms with E-state index in [1.807, 2.05) is 30.3 Å². The summed E-state index contributed by atoms with van der Waals surface area (Å²) in [7, 11) is 1.74. The number of aryl methyl sites for hydroxylation is 2. The van der Waals surface area contributed by atoms with Crippen LogP contribution < -0.4 is 9.47 Å². The minimum absolute atomic E-state index is 0.0240. The van der Waals surface area contributed by atoms with Crippen LogP contribution in [0.3, 0.4) is 0 Å². The lowest BCUT2D eigenvalue weighted by atomic mass is 10.2. The normalized spacial score (nSPS) is 11.8. The molecule has 1 heterocycles. The second-order valence-electron chi connectivity index (χ2n) is 6.46. The Morgan fingerprint density at radius 1 is 1.06 bits per heavy atom. The van der Waals surface area contributed by atoms with E-state index in [4.69, 9.17) is 9.57 Å². The Hall–Kier alpha value is -3.56. The maximum absolute atomic E-state index is 12.9. The number of hydrogen-bond donors (Lipinski definition) is 0. The van der Waals surface area contributed by atoms with Crippen LogP contribution in [0.4, 0.5) is 17.6 Å². The van der Waals surface area contributed by atoms with Gasteiger partial charge in [0.05, 0.1) is 17.5 Å². The molecule has 0 radical (unpaired) electrons. The van der Waals surface area contributed by atoms with Crippen molar-refractivity contribution in [2.24, 2.45) is 12.2 Å². The van der Waals surface area contributed by atoms with E-state index in [1.165, 1.54) is 18.3 Å². The average Bonchev–Trinajstić information content (AvgIpc) is 2.99. The van der Waals surface area contributed by atoms with Crippen molar-refractivity contribution < 1.29 is 31.9 Å². The molecule has 1 aromatic heterocycles. The summed E-state index contributed by atoms with van der Waals surface area (Å²) in [5.74, 6) is 0.740. The number of nitrogens with zero attached hydrogens (tertiary/aromatic N) is 3. The fourth-order valence-corrected chi connectivity index (χ4v) is 2.58. The van der Waals surface area contributed by atoms with Gasteiger partial charge in [-0.15, -0.1) is 0 Å². The van der Waals surface area contributed by atoms with Crippen LogP contribution >= 0.6 is 0 Å². The topological polar surface area (TPSA) is 57.9 Å². The summed E-state index contributed by atoms with van der Waals surface area (Å²) in [6.45, 7) is 1.82. The molecule has 0 N–H and O–H groups in total. The van der Waals surface area contributed by atoms with Crippen molar-refractivity contribution in [3.8, 4) is 17.4 Å². The second-order valence-corrected chi connectivity index (χ2v) is 6.46. The first-order chi connectivity index (χ1) is 14.8. The zero-order valence-corrected chi connectivity index (χ0v) is 16.6. The summed E-state index contributed by atoms with van der Waals surface area (Å²) in [5, 5.41) is 8.22. The van der Waals surface area contributed by atoms with Crippen LogP contribution in [-0.2, 0) is 18.5 Å². The molecule has 3 aromatic rings. The van der Waals surface area contributed by atoms with E-state index in [2.05, 4.69) is 15.0 Å². The Morgan fingerprint density at radius 2 is 1.74 bits per heavy atom. The van der Waals surface area contributed by atoms with Crippen molar-refractivity contribution >= 4 is 6.21 Å². The van der Waals surface area contributed by atoms with Crippen LogP contribution in [0.5, 0.6) is 17.4 Å². The van der Waals surface area contributed by atoms with Gasteiger partial charge in [-0.05, 0) is 36.8 Å². The molecule has 0 fully saturated rings. The van der Waals surface area contributed by atoms with Gasteiger partial charge in [0.25, 0.3) is 0 Å². The molecule has 31 heavy (non-hydrogen) atoms. The van der Waals surface area contributed by atoms with Crippen LogP contribution in [-0.4, -0.2) is 28.5 Å². The highest BCUT2D eigenvalue weighted by atomic mass is 19.3. The summed E-state index contributed by atoms with van der Waals surface area (Å²) in [5.41, 5.74) is 1.89. The lowest BCUT2D eigenvalue weighted by molar-refractivity contribution is -0.253. The molecular weight excluding hydrogens is 418 g/mol. The van der Waals surface area contributed by atoms with E-state index in [1.54, 1.807) is 18.7 Å². The summed E-state index contributed by atoms with van der Waals surface area (Å²) < 4.78 is 61.6. The molecule has 10 heteroatoms. The minimum atomic E-state index is -4.55. The van der Waals surface area contributed by atoms with Gasteiger partial charge in [-0.1, -0.05) is 35.5 Å². The zero-order valence-electron chi connectivity index (χ0n) is 16.6. The van der Waals surface area contributed by atoms with Gasteiger partial charge in [-0.25, -0.2) is 4.68 Å². The van der Waals surface area contributed by atoms with Gasteiger partial charge in [0.1, 0.15) is 18.1 Å². The molecule has 0 spiro atoms. The summed E-state index contributed by atoms with van der Waals surface area (Å²) in [6.07, 6.45) is -7.01. The molecule has 3 rings (SSSR count). The largest absolute Gasteiger partial charge is 0.461 e. The Kier molecular flexibility index (Phi) is 6.78. The predicted octanol–water partition coefficient (Wildman–Crippen LogP) is 5.31. The van der Waals surface area contributed by atoms with E-state index in [0.29, 0.717) is 28.5 Å². The van der Waals surface area contributed by atoms with Crippen molar-refractivity contribution in [2.45, 2.75) is 26.1 Å². The Balaban J connectivity index is 1.60. The molecule has 0 aliphatic rings. The van der Waals surface area contributed by atoms with Gasteiger partial charge in [-0.2, -0.15) is 22.7 Å². The highest BCUT2D eigenvalue weighted by Crippen LogP contribution is 2.28. The average molecular weight is 437 g/mol. The highest BCUT2D eigenvalue weighted by Gasteiger charge is 2.43. The molecule has 0 saturated heterocycles. The van der Waals surface area contributed by atoms with E-state index in [0.717, 1.165) is 12.1 Å². The maximum Gasteiger partial charge on any atom is 0.461 e. The van der Waals surface area contributed by atoms with Crippen LogP contribution in [0.1, 0.15) is 16.8 Å². The monoisotopic (exact) mass is 437 g/mol. The third-order valence-electron chi connectivity index (χ3n) is 4.09. The van der Waals surface area contributed by atoms with E-state index in [-0.39, 0.29) is 12.4 Å². The predicted molar refractivity (Wildman–Crippen MR) is 105 cm³/mol. The number of oxime groups is 1. The lowest BCUT2D eigenvalue weighted by Crippen LogP contribution is -2.33. The van der Waals surface area contributed by atoms with Crippen LogP contribution in [0, 0.1) is 6.92 Å². The summed E-state index contributed by atoms with van der Waals surface area (Å²) in [6, 6.07) is 14.3. The number of alkyl halides is 4. The standard InChI is InChI=1S/C21H19F4N3O3/c1-14-18(19(28(2)27-14)30-16-6-4-3-5-7-16)12-26-29-13-15-8-10-17(11-9-15)31-21(24,25)20(22)23/h3-12,20H,13H2,1-2H3. The molecule has 0 bridgehead atoms. The first-order valence-electron chi connectivity index (χ1n) is 9.12. The quantitative estimate of drug-likeness (QED) is 0.259. The highest BCUT2D eigenvalue weighted by molar-refractivity contribution is 5.84. The van der Waals surface area contributed by atoms with E-state index in [9.17, 15) is 17.6 Å². The molecule has 0 unspecified atom stereocenters. The number of aromatic nitrogens is 2. The number of hydrogen-bond acceptors (Lipinski definition) is 5. The van der Waals surface area contributed by atoms with Gasteiger partial charge >= 0.3 is 12.5 Å². The first-order valence-corrected chi connectivity index (χ1v) is 9.12. The SMILES string of the molecule is Cc1nn(C)c(Oc2ccccc2)c1C=NOCc1ccc(OC(F)(F)C(F)F)cc1. The molecule has 0 aliphatic heterocycles. The summed E-state index contributed by atoms with van der Waals surface area (Å²) in [4.78, 5) is 5.24. The Labute approximate surface area is 175 Å². The van der Waals surface area contributed by atoms with Crippen LogP contribution in [0.15, 0.2) is 59.8 Å². The molecule has 0 aliphatic carbocycles. The number of rotatable bonds is 9. The van der Waals surface area contributed by atoms with Crippen molar-refractivity contribution in [1.29, 1.82) is 0 Å². The third-order valence-corrected chi connectivity index (χ3v) is 4.09. The molecule has 2 aromatic carbocycles. The van der Waals surface area contributed by atoms with Gasteiger partial charge in [-0.3, -0.25) is 0 Å². The number of para-hydroxylation sites is 1. The maximum atomic E-state index is 12.9. The Bertz CT molecular complexity index is 1020. The van der Waals surface area contributed by atoms with Gasteiger partial charge in [0.2, 0.25) is 5.88 Å². The van der Waals surface area contributed by atoms with Gasteiger partial charge in [0, 0.05) is 7.05 Å². The fraction of sp³-hybridized carbons (Fsp3) is 0.238. The smallest absolute Gasteiger partial charge is 0.439 e. The lowest BCUT2D eigenvalue weighted by Gasteiger charge is -2.16. The molecule has 6 nitrogen and oxygen atoms in total. The van der Waals surface area contributed by atoms with Gasteiger partial charge < -0.3 is 14.3 Å². The number of halogens is 4. The third kappa shape index (κ3) is 5.74. The second kappa shape index (κ2) is 9.50. The van der Waals surface area contributed by atoms with Crippen molar-refractivity contribution in [3.05, 3.63) is 71.4 Å². The molecule has 164 valence electrons. The molecule has 0 amide bonds. The van der Waals surface area contributed by atoms with Crippen molar-refractivity contribution in [1.82, 2.24) is 9.78 Å². The van der Waals surface area contributed by atoms with Crippen LogP contribution in [0.25, 0.3) is 0 Å². The molecule has 0 atom stereocenters. The fourth-order valence-electron chi connectivity index (χ4n) is 2.58. The summed E-state index contributed by atoms with van der Waals surface area (Å²) >= 11 is 0. The minimum Gasteiger partial charge on any atom is -0.439 e. The number of benzene rings is 2. The van der Waals surface area contributed by atoms with Crippen molar-refractivity contribution in [3.63, 3.8) is 0 Å². The van der Waals surface area contributed by atoms with Crippen LogP contribution in [0.2, 0.25) is 0 Å². The van der Waals surface area contributed by atoms with Gasteiger partial charge in [0.15, 0.2) is 0 Å². The number of ether oxygens (including phenoxy) is 2. The Morgan fingerprint density at radius 3 is 2.39 bits per heavy atom. The zero-order chi connectivity index (χ0) is 22.4. The van der Waals surface area contributed by atoms with E-state index >= 15 is 0 Å². The molecule has 0 saturated carbocycles. The molecular formula is C21H19F4N3O3. The first kappa shape index (κ1) is 22.1. The van der Waals surface area contributed by atoms with E-state index < -0.39 is 12.5 Å². The van der Waals surface area contributed by atoms with Crippen molar-refractivity contribution in [2.75, 3.05) is 0 Å².